The van der Waals surface area contributed by atoms with Crippen LogP contribution in [0.15, 0.2) is 12.3 Å². The maximum Gasteiger partial charge on any atom is 0.381 e. The summed E-state index contributed by atoms with van der Waals surface area (Å²) in [5, 5.41) is 10.8. The Hall–Kier alpha value is -3.04. The standard InChI is InChI=1S/C19H27N7O3/c1-13(2)19-20-14(3)11-16(22-19)23-7-9-24(10-8-23)18(27)5-6-25-12-17(26(28)29)21-15(25)4/h11-13H,5-10H2,1-4H3. The molecule has 0 bridgehead atoms. The highest BCUT2D eigenvalue weighted by Gasteiger charge is 2.23. The minimum atomic E-state index is -0.524. The first-order valence-electron chi connectivity index (χ1n) is 9.81. The topological polar surface area (TPSA) is 110 Å². The Morgan fingerprint density at radius 3 is 2.45 bits per heavy atom. The fourth-order valence-electron chi connectivity index (χ4n) is 3.36. The molecular formula is C19H27N7O3. The molecule has 0 unspecified atom stereocenters. The second-order valence-electron chi connectivity index (χ2n) is 7.60. The Morgan fingerprint density at radius 2 is 1.86 bits per heavy atom. The number of carbonyl (C=O) groups excluding carboxylic acids is 1. The lowest BCUT2D eigenvalue weighted by molar-refractivity contribution is -0.389. The van der Waals surface area contributed by atoms with Crippen LogP contribution in [0.4, 0.5) is 11.6 Å². The molecule has 1 aliphatic rings. The third-order valence-electron chi connectivity index (χ3n) is 5.05. The van der Waals surface area contributed by atoms with Gasteiger partial charge in [0.15, 0.2) is 0 Å². The summed E-state index contributed by atoms with van der Waals surface area (Å²) in [7, 11) is 0. The molecule has 10 heteroatoms. The molecule has 1 amide bonds. The number of anilines is 1. The fourth-order valence-corrected chi connectivity index (χ4v) is 3.36. The van der Waals surface area contributed by atoms with E-state index in [4.69, 9.17) is 0 Å². The van der Waals surface area contributed by atoms with E-state index < -0.39 is 4.92 Å². The number of hydrogen-bond acceptors (Lipinski definition) is 7. The van der Waals surface area contributed by atoms with Gasteiger partial charge in [-0.05, 0) is 16.8 Å². The van der Waals surface area contributed by atoms with Gasteiger partial charge in [0.05, 0.1) is 0 Å². The Morgan fingerprint density at radius 1 is 1.17 bits per heavy atom. The molecule has 2 aromatic rings. The maximum atomic E-state index is 12.6. The first kappa shape index (κ1) is 20.7. The molecule has 0 N–H and O–H groups in total. The molecule has 156 valence electrons. The lowest BCUT2D eigenvalue weighted by Crippen LogP contribution is -2.49. The minimum absolute atomic E-state index is 0.0436. The molecule has 1 saturated heterocycles. The van der Waals surface area contributed by atoms with Crippen LogP contribution in [-0.4, -0.2) is 61.4 Å². The molecule has 2 aromatic heterocycles. The largest absolute Gasteiger partial charge is 0.381 e. The van der Waals surface area contributed by atoms with E-state index in [1.807, 2.05) is 17.9 Å². The van der Waals surface area contributed by atoms with Crippen molar-refractivity contribution >= 4 is 17.5 Å². The van der Waals surface area contributed by atoms with E-state index in [0.717, 1.165) is 30.4 Å². The van der Waals surface area contributed by atoms with Crippen molar-refractivity contribution in [2.45, 2.75) is 46.6 Å². The van der Waals surface area contributed by atoms with E-state index in [1.165, 1.54) is 6.20 Å². The molecule has 0 atom stereocenters. The summed E-state index contributed by atoms with van der Waals surface area (Å²) < 4.78 is 1.66. The Balaban J connectivity index is 1.55. The SMILES string of the molecule is Cc1cc(N2CCN(C(=O)CCn3cc([N+](=O)[O-])nc3C)CC2)nc(C(C)C)n1. The highest BCUT2D eigenvalue weighted by Crippen LogP contribution is 2.19. The molecule has 3 heterocycles. The number of imidazole rings is 1. The van der Waals surface area contributed by atoms with Crippen LogP contribution in [0.3, 0.4) is 0 Å². The Bertz CT molecular complexity index is 901. The van der Waals surface area contributed by atoms with E-state index in [-0.39, 0.29) is 17.6 Å². The average Bonchev–Trinajstić information content (AvgIpc) is 3.06. The monoisotopic (exact) mass is 401 g/mol. The number of aromatic nitrogens is 4. The summed E-state index contributed by atoms with van der Waals surface area (Å²) in [6.45, 7) is 10.9. The van der Waals surface area contributed by atoms with Crippen LogP contribution >= 0.6 is 0 Å². The van der Waals surface area contributed by atoms with Crippen molar-refractivity contribution in [3.8, 4) is 0 Å². The number of nitrogens with zero attached hydrogens (tertiary/aromatic N) is 7. The van der Waals surface area contributed by atoms with Gasteiger partial charge in [0.2, 0.25) is 11.7 Å². The van der Waals surface area contributed by atoms with E-state index >= 15 is 0 Å². The molecule has 0 aliphatic carbocycles. The van der Waals surface area contributed by atoms with Crippen molar-refractivity contribution in [1.29, 1.82) is 0 Å². The number of rotatable bonds is 6. The van der Waals surface area contributed by atoms with Crippen molar-refractivity contribution in [2.24, 2.45) is 0 Å². The van der Waals surface area contributed by atoms with Crippen LogP contribution in [-0.2, 0) is 11.3 Å². The van der Waals surface area contributed by atoms with Crippen LogP contribution in [0, 0.1) is 24.0 Å². The molecular weight excluding hydrogens is 374 g/mol. The van der Waals surface area contributed by atoms with Crippen molar-refractivity contribution in [1.82, 2.24) is 24.4 Å². The first-order chi connectivity index (χ1) is 13.7. The summed E-state index contributed by atoms with van der Waals surface area (Å²) in [5.74, 6) is 2.40. The predicted molar refractivity (Wildman–Crippen MR) is 108 cm³/mol. The fraction of sp³-hybridized carbons (Fsp3) is 0.579. The lowest BCUT2D eigenvalue weighted by atomic mass is 10.2. The summed E-state index contributed by atoms with van der Waals surface area (Å²) in [4.78, 5) is 40.0. The Labute approximate surface area is 169 Å². The minimum Gasteiger partial charge on any atom is -0.358 e. The molecule has 29 heavy (non-hydrogen) atoms. The van der Waals surface area contributed by atoms with Crippen LogP contribution in [0.25, 0.3) is 0 Å². The van der Waals surface area contributed by atoms with Crippen LogP contribution in [0.1, 0.15) is 43.5 Å². The number of hydrogen-bond donors (Lipinski definition) is 0. The molecule has 1 aliphatic heterocycles. The normalized spacial score (nSPS) is 14.5. The quantitative estimate of drug-likeness (QED) is 0.538. The molecule has 0 spiro atoms. The average molecular weight is 401 g/mol. The highest BCUT2D eigenvalue weighted by atomic mass is 16.6. The summed E-state index contributed by atoms with van der Waals surface area (Å²) in [6.07, 6.45) is 1.67. The van der Waals surface area contributed by atoms with Gasteiger partial charge >= 0.3 is 5.82 Å². The van der Waals surface area contributed by atoms with Gasteiger partial charge in [-0.25, -0.2) is 9.97 Å². The van der Waals surface area contributed by atoms with Gasteiger partial charge < -0.3 is 24.5 Å². The molecule has 0 radical (unpaired) electrons. The molecule has 3 rings (SSSR count). The number of aryl methyl sites for hydroxylation is 3. The second-order valence-corrected chi connectivity index (χ2v) is 7.60. The zero-order chi connectivity index (χ0) is 21.1. The number of amides is 1. The number of piperazine rings is 1. The van der Waals surface area contributed by atoms with E-state index in [9.17, 15) is 14.9 Å². The van der Waals surface area contributed by atoms with Gasteiger partial charge in [0.25, 0.3) is 0 Å². The summed E-state index contributed by atoms with van der Waals surface area (Å²) >= 11 is 0. The van der Waals surface area contributed by atoms with Gasteiger partial charge in [-0.2, -0.15) is 0 Å². The van der Waals surface area contributed by atoms with E-state index in [0.29, 0.717) is 31.9 Å². The molecule has 0 aromatic carbocycles. The second kappa shape index (κ2) is 8.54. The zero-order valence-corrected chi connectivity index (χ0v) is 17.3. The number of carbonyl (C=O) groups is 1. The van der Waals surface area contributed by atoms with E-state index in [2.05, 4.69) is 33.7 Å². The molecule has 1 fully saturated rings. The predicted octanol–water partition coefficient (Wildman–Crippen LogP) is 2.06. The first-order valence-corrected chi connectivity index (χ1v) is 9.81. The Kier molecular flexibility index (Phi) is 6.09. The third kappa shape index (κ3) is 4.87. The van der Waals surface area contributed by atoms with Crippen LogP contribution in [0.2, 0.25) is 0 Å². The van der Waals surface area contributed by atoms with Crippen LogP contribution in [0.5, 0.6) is 0 Å². The van der Waals surface area contributed by atoms with E-state index in [1.54, 1.807) is 11.5 Å². The summed E-state index contributed by atoms with van der Waals surface area (Å²) in [5.41, 5.74) is 0.946. The van der Waals surface area contributed by atoms with Crippen molar-refractivity contribution in [2.75, 3.05) is 31.1 Å². The van der Waals surface area contributed by atoms with Gasteiger partial charge in [0, 0.05) is 63.7 Å². The summed E-state index contributed by atoms with van der Waals surface area (Å²) in [6, 6.07) is 1.98. The lowest BCUT2D eigenvalue weighted by Gasteiger charge is -2.35. The van der Waals surface area contributed by atoms with Gasteiger partial charge in [-0.3, -0.25) is 4.79 Å². The van der Waals surface area contributed by atoms with Crippen LogP contribution < -0.4 is 4.90 Å². The molecule has 0 saturated carbocycles. The van der Waals surface area contributed by atoms with Crippen molar-refractivity contribution in [3.63, 3.8) is 0 Å². The van der Waals surface area contributed by atoms with Gasteiger partial charge in [-0.1, -0.05) is 13.8 Å². The zero-order valence-electron chi connectivity index (χ0n) is 17.3. The highest BCUT2D eigenvalue weighted by molar-refractivity contribution is 5.76. The smallest absolute Gasteiger partial charge is 0.358 e. The van der Waals surface area contributed by atoms with Crippen molar-refractivity contribution in [3.05, 3.63) is 39.7 Å². The third-order valence-corrected chi connectivity index (χ3v) is 5.05. The number of nitro groups is 1. The van der Waals surface area contributed by atoms with Gasteiger partial charge in [-0.15, -0.1) is 0 Å². The van der Waals surface area contributed by atoms with Gasteiger partial charge in [0.1, 0.15) is 17.8 Å². The van der Waals surface area contributed by atoms with Crippen molar-refractivity contribution < 1.29 is 9.72 Å². The maximum absolute atomic E-state index is 12.6. The molecule has 10 nitrogen and oxygen atoms in total.